The topological polar surface area (TPSA) is 0 Å². The van der Waals surface area contributed by atoms with Gasteiger partial charge in [-0.15, -0.1) is 6.58 Å². The molecule has 1 unspecified atom stereocenters. The average Bonchev–Trinajstić information content (AvgIpc) is 2.10. The molecule has 72 valence electrons. The van der Waals surface area contributed by atoms with Gasteiger partial charge in [0, 0.05) is 0 Å². The van der Waals surface area contributed by atoms with Gasteiger partial charge in [0.05, 0.1) is 0 Å². The molecule has 0 fully saturated rings. The lowest BCUT2D eigenvalue weighted by molar-refractivity contribution is 0.414. The summed E-state index contributed by atoms with van der Waals surface area (Å²) in [5, 5.41) is 0. The molecule has 0 aromatic carbocycles. The maximum atomic E-state index is 3.73. The Labute approximate surface area is 78.1 Å². The van der Waals surface area contributed by atoms with E-state index in [4.69, 9.17) is 0 Å². The minimum atomic E-state index is 0.986. The van der Waals surface area contributed by atoms with Crippen molar-refractivity contribution >= 4 is 0 Å². The van der Waals surface area contributed by atoms with Gasteiger partial charge in [0.1, 0.15) is 0 Å². The highest BCUT2D eigenvalue weighted by Crippen LogP contribution is 2.18. The van der Waals surface area contributed by atoms with Crippen molar-refractivity contribution in [3.63, 3.8) is 0 Å². The lowest BCUT2D eigenvalue weighted by atomic mass is 9.94. The van der Waals surface area contributed by atoms with Crippen molar-refractivity contribution in [1.82, 2.24) is 0 Å². The molecule has 0 nitrogen and oxygen atoms in total. The predicted octanol–water partition coefficient (Wildman–Crippen LogP) is 4.56. The first-order valence-corrected chi connectivity index (χ1v) is 5.46. The fraction of sp³-hybridized carbons (Fsp3) is 0.833. The Bertz CT molecular complexity index is 94.2. The fourth-order valence-electron chi connectivity index (χ4n) is 1.68. The highest BCUT2D eigenvalue weighted by Gasteiger charge is 2.03. The molecule has 0 radical (unpaired) electrons. The summed E-state index contributed by atoms with van der Waals surface area (Å²) in [6, 6.07) is 0. The van der Waals surface area contributed by atoms with Gasteiger partial charge in [-0.1, -0.05) is 52.0 Å². The Morgan fingerprint density at radius 1 is 1.17 bits per heavy atom. The van der Waals surface area contributed by atoms with Crippen LogP contribution in [0.1, 0.15) is 58.8 Å². The summed E-state index contributed by atoms with van der Waals surface area (Å²) in [6.45, 7) is 8.33. The van der Waals surface area contributed by atoms with E-state index in [0.717, 1.165) is 5.92 Å². The molecule has 0 aromatic heterocycles. The van der Waals surface area contributed by atoms with Gasteiger partial charge in [0.25, 0.3) is 0 Å². The zero-order chi connectivity index (χ0) is 9.23. The van der Waals surface area contributed by atoms with Gasteiger partial charge < -0.3 is 0 Å². The first-order chi connectivity index (χ1) is 5.85. The molecular formula is C12H24. The second-order valence-electron chi connectivity index (χ2n) is 3.64. The molecule has 0 aliphatic heterocycles. The van der Waals surface area contributed by atoms with Gasteiger partial charge in [0.2, 0.25) is 0 Å². The summed E-state index contributed by atoms with van der Waals surface area (Å²) in [6.07, 6.45) is 11.5. The molecule has 0 bridgehead atoms. The standard InChI is InChI=1S/C12H24/c1-4-7-8-9-11-12(6-3)10-5-2/h4,12H,1,5-11H2,2-3H3. The zero-order valence-corrected chi connectivity index (χ0v) is 8.81. The summed E-state index contributed by atoms with van der Waals surface area (Å²) < 4.78 is 0. The Kier molecular flexibility index (Phi) is 8.64. The Morgan fingerprint density at radius 2 is 1.92 bits per heavy atom. The molecule has 0 aliphatic rings. The van der Waals surface area contributed by atoms with Crippen LogP contribution in [-0.2, 0) is 0 Å². The van der Waals surface area contributed by atoms with E-state index in [-0.39, 0.29) is 0 Å². The molecule has 0 saturated carbocycles. The number of hydrogen-bond donors (Lipinski definition) is 0. The van der Waals surface area contributed by atoms with Gasteiger partial charge in [-0.2, -0.15) is 0 Å². The van der Waals surface area contributed by atoms with Crippen LogP contribution >= 0.6 is 0 Å². The SMILES string of the molecule is C=CCCCCC(CC)CCC. The Balaban J connectivity index is 3.24. The van der Waals surface area contributed by atoms with E-state index < -0.39 is 0 Å². The molecule has 0 N–H and O–H groups in total. The van der Waals surface area contributed by atoms with E-state index in [1.165, 1.54) is 44.9 Å². The molecule has 0 spiro atoms. The second kappa shape index (κ2) is 8.83. The van der Waals surface area contributed by atoms with Crippen molar-refractivity contribution in [2.75, 3.05) is 0 Å². The molecule has 0 saturated heterocycles. The van der Waals surface area contributed by atoms with Crippen molar-refractivity contribution in [2.45, 2.75) is 58.8 Å². The smallest absolute Gasteiger partial charge is 0.0353 e. The highest BCUT2D eigenvalue weighted by molar-refractivity contribution is 4.66. The molecule has 12 heavy (non-hydrogen) atoms. The Morgan fingerprint density at radius 3 is 2.42 bits per heavy atom. The molecular weight excluding hydrogens is 144 g/mol. The van der Waals surface area contributed by atoms with Crippen LogP contribution in [0.4, 0.5) is 0 Å². The number of rotatable bonds is 8. The van der Waals surface area contributed by atoms with Crippen molar-refractivity contribution in [3.05, 3.63) is 12.7 Å². The van der Waals surface area contributed by atoms with Crippen LogP contribution in [-0.4, -0.2) is 0 Å². The van der Waals surface area contributed by atoms with Gasteiger partial charge in [-0.05, 0) is 18.8 Å². The number of unbranched alkanes of at least 4 members (excludes halogenated alkanes) is 2. The van der Waals surface area contributed by atoms with Crippen molar-refractivity contribution < 1.29 is 0 Å². The zero-order valence-electron chi connectivity index (χ0n) is 8.81. The molecule has 1 atom stereocenters. The largest absolute Gasteiger partial charge is 0.103 e. The van der Waals surface area contributed by atoms with Gasteiger partial charge >= 0.3 is 0 Å². The summed E-state index contributed by atoms with van der Waals surface area (Å²) in [4.78, 5) is 0. The van der Waals surface area contributed by atoms with Crippen molar-refractivity contribution in [1.29, 1.82) is 0 Å². The van der Waals surface area contributed by atoms with Crippen molar-refractivity contribution in [2.24, 2.45) is 5.92 Å². The van der Waals surface area contributed by atoms with E-state index in [0.29, 0.717) is 0 Å². The van der Waals surface area contributed by atoms with E-state index in [2.05, 4.69) is 20.4 Å². The van der Waals surface area contributed by atoms with Crippen LogP contribution < -0.4 is 0 Å². The van der Waals surface area contributed by atoms with E-state index in [9.17, 15) is 0 Å². The number of allylic oxidation sites excluding steroid dienone is 1. The van der Waals surface area contributed by atoms with Crippen molar-refractivity contribution in [3.8, 4) is 0 Å². The molecule has 0 heteroatoms. The third kappa shape index (κ3) is 6.45. The van der Waals surface area contributed by atoms with E-state index >= 15 is 0 Å². The molecule has 0 aliphatic carbocycles. The van der Waals surface area contributed by atoms with Crippen LogP contribution in [0.25, 0.3) is 0 Å². The van der Waals surface area contributed by atoms with Crippen LogP contribution in [0.2, 0.25) is 0 Å². The van der Waals surface area contributed by atoms with Crippen LogP contribution in [0.15, 0.2) is 12.7 Å². The molecule has 0 amide bonds. The van der Waals surface area contributed by atoms with Gasteiger partial charge in [0.15, 0.2) is 0 Å². The van der Waals surface area contributed by atoms with Crippen LogP contribution in [0.5, 0.6) is 0 Å². The second-order valence-corrected chi connectivity index (χ2v) is 3.64. The first kappa shape index (κ1) is 11.7. The fourth-order valence-corrected chi connectivity index (χ4v) is 1.68. The minimum absolute atomic E-state index is 0.986. The highest BCUT2D eigenvalue weighted by atomic mass is 14.1. The normalized spacial score (nSPS) is 12.8. The lowest BCUT2D eigenvalue weighted by Gasteiger charge is -2.12. The first-order valence-electron chi connectivity index (χ1n) is 5.46. The average molecular weight is 168 g/mol. The van der Waals surface area contributed by atoms with Gasteiger partial charge in [-0.3, -0.25) is 0 Å². The maximum absolute atomic E-state index is 3.73. The maximum Gasteiger partial charge on any atom is -0.0353 e. The number of hydrogen-bond acceptors (Lipinski definition) is 0. The third-order valence-corrected chi connectivity index (χ3v) is 2.54. The Hall–Kier alpha value is -0.260. The molecule has 0 rings (SSSR count). The predicted molar refractivity (Wildman–Crippen MR) is 57.4 cm³/mol. The minimum Gasteiger partial charge on any atom is -0.103 e. The molecule has 0 heterocycles. The molecule has 0 aromatic rings. The summed E-state index contributed by atoms with van der Waals surface area (Å²) in [5.74, 6) is 0.986. The van der Waals surface area contributed by atoms with E-state index in [1.807, 2.05) is 6.08 Å². The quantitative estimate of drug-likeness (QED) is 0.368. The lowest BCUT2D eigenvalue weighted by Crippen LogP contribution is -1.97. The summed E-state index contributed by atoms with van der Waals surface area (Å²) in [7, 11) is 0. The van der Waals surface area contributed by atoms with E-state index in [1.54, 1.807) is 0 Å². The third-order valence-electron chi connectivity index (χ3n) is 2.54. The monoisotopic (exact) mass is 168 g/mol. The van der Waals surface area contributed by atoms with Gasteiger partial charge in [-0.25, -0.2) is 0 Å². The summed E-state index contributed by atoms with van der Waals surface area (Å²) in [5.41, 5.74) is 0. The van der Waals surface area contributed by atoms with Crippen LogP contribution in [0, 0.1) is 5.92 Å². The van der Waals surface area contributed by atoms with Crippen LogP contribution in [0.3, 0.4) is 0 Å². The summed E-state index contributed by atoms with van der Waals surface area (Å²) >= 11 is 0.